The summed E-state index contributed by atoms with van der Waals surface area (Å²) in [6, 6.07) is 1.57. The van der Waals surface area contributed by atoms with E-state index in [4.69, 9.17) is 4.52 Å². The minimum absolute atomic E-state index is 0. The van der Waals surface area contributed by atoms with Gasteiger partial charge in [0.2, 0.25) is 10.0 Å². The quantitative estimate of drug-likeness (QED) is 0.345. The van der Waals surface area contributed by atoms with Crippen LogP contribution < -0.4 is 5.32 Å². The van der Waals surface area contributed by atoms with Crippen molar-refractivity contribution in [1.29, 1.82) is 0 Å². The van der Waals surface area contributed by atoms with Crippen molar-refractivity contribution in [2.24, 2.45) is 4.99 Å². The number of aromatic nitrogens is 2. The Labute approximate surface area is 179 Å². The largest absolute Gasteiger partial charge is 0.364 e. The molecular weight excluding hydrogens is 503 g/mol. The van der Waals surface area contributed by atoms with Crippen LogP contribution in [0.25, 0.3) is 0 Å². The van der Waals surface area contributed by atoms with E-state index in [1.807, 2.05) is 12.3 Å². The molecule has 1 N–H and O–H groups in total. The van der Waals surface area contributed by atoms with Crippen LogP contribution in [0.2, 0.25) is 0 Å². The van der Waals surface area contributed by atoms with Gasteiger partial charge in [0.05, 0.1) is 12.2 Å². The lowest BCUT2D eigenvalue weighted by atomic mass is 10.4. The standard InChI is InChI=1S/C15H22N6O3S2.HI/c1-2-16-15(18-11-14-17-4-10-25-14)20-5-7-21(8-6-20)26(22,23)12-13-3-9-24-19-13;/h3-4,9-10H,2,5-8,11-12H2,1H3,(H,16,18);1H. The Morgan fingerprint density at radius 2 is 2.15 bits per heavy atom. The fourth-order valence-corrected chi connectivity index (χ4v) is 4.63. The van der Waals surface area contributed by atoms with Gasteiger partial charge in [0.25, 0.3) is 0 Å². The summed E-state index contributed by atoms with van der Waals surface area (Å²) in [5, 5.41) is 9.83. The fourth-order valence-electron chi connectivity index (χ4n) is 2.67. The first kappa shape index (κ1) is 22.0. The van der Waals surface area contributed by atoms with Crippen molar-refractivity contribution in [2.45, 2.75) is 19.2 Å². The predicted octanol–water partition coefficient (Wildman–Crippen LogP) is 1.36. The first-order valence-electron chi connectivity index (χ1n) is 8.37. The number of halogens is 1. The molecule has 9 nitrogen and oxygen atoms in total. The third-order valence-corrected chi connectivity index (χ3v) is 6.51. The Balaban J connectivity index is 0.00000261. The number of nitrogens with one attached hydrogen (secondary N) is 1. The van der Waals surface area contributed by atoms with E-state index in [0.29, 0.717) is 38.4 Å². The molecule has 0 bridgehead atoms. The smallest absolute Gasteiger partial charge is 0.220 e. The van der Waals surface area contributed by atoms with Crippen molar-refractivity contribution in [3.05, 3.63) is 34.6 Å². The van der Waals surface area contributed by atoms with Crippen LogP contribution in [0.1, 0.15) is 17.6 Å². The number of sulfonamides is 1. The lowest BCUT2D eigenvalue weighted by molar-refractivity contribution is 0.259. The molecule has 27 heavy (non-hydrogen) atoms. The first-order valence-corrected chi connectivity index (χ1v) is 10.9. The fraction of sp³-hybridized carbons (Fsp3) is 0.533. The van der Waals surface area contributed by atoms with Crippen LogP contribution in [-0.4, -0.2) is 66.4 Å². The van der Waals surface area contributed by atoms with E-state index in [1.165, 1.54) is 10.6 Å². The zero-order chi connectivity index (χ0) is 18.4. The topological polar surface area (TPSA) is 104 Å². The Bertz CT molecular complexity index is 803. The van der Waals surface area contributed by atoms with Gasteiger partial charge in [-0.05, 0) is 6.92 Å². The number of aliphatic imine (C=N–C) groups is 1. The Morgan fingerprint density at radius 1 is 1.37 bits per heavy atom. The molecule has 12 heteroatoms. The van der Waals surface area contributed by atoms with Crippen LogP contribution in [-0.2, 0) is 22.3 Å². The average Bonchev–Trinajstić information content (AvgIpc) is 3.32. The van der Waals surface area contributed by atoms with Crippen LogP contribution in [0.3, 0.4) is 0 Å². The highest BCUT2D eigenvalue weighted by Crippen LogP contribution is 2.13. The number of hydrogen-bond acceptors (Lipinski definition) is 7. The SMILES string of the molecule is CCNC(=NCc1nccs1)N1CCN(S(=O)(=O)Cc2ccon2)CC1.I. The summed E-state index contributed by atoms with van der Waals surface area (Å²) >= 11 is 1.57. The number of thiazole rings is 1. The average molecular weight is 526 g/mol. The lowest BCUT2D eigenvalue weighted by Crippen LogP contribution is -2.53. The van der Waals surface area contributed by atoms with E-state index < -0.39 is 10.0 Å². The molecule has 1 saturated heterocycles. The summed E-state index contributed by atoms with van der Waals surface area (Å²) < 4.78 is 31.2. The van der Waals surface area contributed by atoms with E-state index in [-0.39, 0.29) is 29.7 Å². The van der Waals surface area contributed by atoms with Gasteiger partial charge in [-0.1, -0.05) is 5.16 Å². The molecule has 0 aromatic carbocycles. The normalized spacial score (nSPS) is 16.2. The molecule has 0 saturated carbocycles. The van der Waals surface area contributed by atoms with Crippen LogP contribution in [0.4, 0.5) is 0 Å². The highest BCUT2D eigenvalue weighted by atomic mass is 127. The predicted molar refractivity (Wildman–Crippen MR) is 115 cm³/mol. The van der Waals surface area contributed by atoms with Crippen molar-refractivity contribution >= 4 is 51.3 Å². The minimum atomic E-state index is -3.40. The molecule has 3 heterocycles. The molecule has 0 aliphatic carbocycles. The van der Waals surface area contributed by atoms with Gasteiger partial charge in [-0.15, -0.1) is 35.3 Å². The molecule has 0 unspecified atom stereocenters. The third-order valence-electron chi connectivity index (χ3n) is 3.94. The molecular formula is C15H23IN6O3S2. The van der Waals surface area contributed by atoms with Gasteiger partial charge < -0.3 is 14.7 Å². The lowest BCUT2D eigenvalue weighted by Gasteiger charge is -2.35. The zero-order valence-corrected chi connectivity index (χ0v) is 18.9. The monoisotopic (exact) mass is 526 g/mol. The highest BCUT2D eigenvalue weighted by Gasteiger charge is 2.28. The van der Waals surface area contributed by atoms with Crippen molar-refractivity contribution < 1.29 is 12.9 Å². The molecule has 0 amide bonds. The van der Waals surface area contributed by atoms with Crippen LogP contribution in [0, 0.1) is 0 Å². The van der Waals surface area contributed by atoms with Gasteiger partial charge in [0.1, 0.15) is 17.0 Å². The summed E-state index contributed by atoms with van der Waals surface area (Å²) in [5.74, 6) is 0.651. The van der Waals surface area contributed by atoms with Crippen LogP contribution >= 0.6 is 35.3 Å². The van der Waals surface area contributed by atoms with Crippen molar-refractivity contribution in [2.75, 3.05) is 32.7 Å². The number of piperazine rings is 1. The maximum atomic E-state index is 12.5. The Hall–Kier alpha value is -1.25. The molecule has 0 atom stereocenters. The summed E-state index contributed by atoms with van der Waals surface area (Å²) in [6.07, 6.45) is 3.14. The van der Waals surface area contributed by atoms with E-state index in [1.54, 1.807) is 23.6 Å². The summed E-state index contributed by atoms with van der Waals surface area (Å²) in [5.41, 5.74) is 0.422. The van der Waals surface area contributed by atoms with E-state index in [0.717, 1.165) is 17.5 Å². The summed E-state index contributed by atoms with van der Waals surface area (Å²) in [4.78, 5) is 10.9. The van der Waals surface area contributed by atoms with Gasteiger partial charge in [-0.25, -0.2) is 18.4 Å². The summed E-state index contributed by atoms with van der Waals surface area (Å²) in [6.45, 7) is 5.29. The van der Waals surface area contributed by atoms with Gasteiger partial charge >= 0.3 is 0 Å². The Morgan fingerprint density at radius 3 is 2.74 bits per heavy atom. The molecule has 0 radical (unpaired) electrons. The zero-order valence-electron chi connectivity index (χ0n) is 14.9. The van der Waals surface area contributed by atoms with E-state index >= 15 is 0 Å². The summed E-state index contributed by atoms with van der Waals surface area (Å²) in [7, 11) is -3.40. The first-order chi connectivity index (χ1) is 12.6. The van der Waals surface area contributed by atoms with Crippen LogP contribution in [0.15, 0.2) is 33.4 Å². The number of hydrogen-bond donors (Lipinski definition) is 1. The molecule has 1 aliphatic heterocycles. The second-order valence-corrected chi connectivity index (χ2v) is 8.68. The second-order valence-electron chi connectivity index (χ2n) is 5.73. The number of guanidine groups is 1. The molecule has 0 spiro atoms. The molecule has 150 valence electrons. The van der Waals surface area contributed by atoms with Gasteiger partial charge in [-0.2, -0.15) is 4.31 Å². The van der Waals surface area contributed by atoms with Gasteiger partial charge in [0, 0.05) is 50.4 Å². The number of rotatable bonds is 6. The molecule has 1 fully saturated rings. The minimum Gasteiger partial charge on any atom is -0.364 e. The third kappa shape index (κ3) is 6.12. The molecule has 2 aromatic heterocycles. The van der Waals surface area contributed by atoms with E-state index in [2.05, 4.69) is 25.3 Å². The second kappa shape index (κ2) is 10.3. The van der Waals surface area contributed by atoms with Crippen LogP contribution in [0.5, 0.6) is 0 Å². The van der Waals surface area contributed by atoms with Crippen molar-refractivity contribution in [1.82, 2.24) is 24.7 Å². The van der Waals surface area contributed by atoms with Crippen molar-refractivity contribution in [3.63, 3.8) is 0 Å². The molecule has 1 aliphatic rings. The maximum Gasteiger partial charge on any atom is 0.220 e. The molecule has 3 rings (SSSR count). The van der Waals surface area contributed by atoms with Gasteiger partial charge in [0.15, 0.2) is 5.96 Å². The van der Waals surface area contributed by atoms with Crippen molar-refractivity contribution in [3.8, 4) is 0 Å². The highest BCUT2D eigenvalue weighted by molar-refractivity contribution is 14.0. The van der Waals surface area contributed by atoms with Gasteiger partial charge in [-0.3, -0.25) is 0 Å². The molecule has 2 aromatic rings. The maximum absolute atomic E-state index is 12.5. The van der Waals surface area contributed by atoms with E-state index in [9.17, 15) is 8.42 Å². The Kier molecular flexibility index (Phi) is 8.44. The number of nitrogens with zero attached hydrogens (tertiary/aromatic N) is 5.